The third-order valence-corrected chi connectivity index (χ3v) is 6.73. The van der Waals surface area contributed by atoms with Crippen molar-refractivity contribution in [3.05, 3.63) is 39.3 Å². The van der Waals surface area contributed by atoms with Crippen molar-refractivity contribution in [3.63, 3.8) is 0 Å². The van der Waals surface area contributed by atoms with Crippen molar-refractivity contribution in [1.82, 2.24) is 25.3 Å². The van der Waals surface area contributed by atoms with Crippen molar-refractivity contribution in [1.29, 1.82) is 0 Å². The first kappa shape index (κ1) is 25.1. The summed E-state index contributed by atoms with van der Waals surface area (Å²) in [6, 6.07) is 6.75. The van der Waals surface area contributed by atoms with Crippen LogP contribution in [0.15, 0.2) is 24.3 Å². The first-order valence-electron chi connectivity index (χ1n) is 11.1. The van der Waals surface area contributed by atoms with E-state index in [2.05, 4.69) is 39.6 Å². The van der Waals surface area contributed by atoms with Crippen LogP contribution in [-0.2, 0) is 4.79 Å². The van der Waals surface area contributed by atoms with Crippen LogP contribution in [0.25, 0.3) is 0 Å². The zero-order valence-electron chi connectivity index (χ0n) is 18.8. The van der Waals surface area contributed by atoms with Crippen molar-refractivity contribution in [3.8, 4) is 0 Å². The van der Waals surface area contributed by atoms with E-state index in [1.165, 1.54) is 0 Å². The van der Waals surface area contributed by atoms with Crippen LogP contribution in [0, 0.1) is 5.92 Å². The zero-order chi connectivity index (χ0) is 23.8. The molecule has 2 heterocycles. The molecule has 178 valence electrons. The van der Waals surface area contributed by atoms with E-state index in [4.69, 9.17) is 11.6 Å². The Labute approximate surface area is 202 Å². The van der Waals surface area contributed by atoms with Crippen molar-refractivity contribution in [2.75, 3.05) is 44.6 Å². The standard InChI is InChI=1S/C22H29ClN6O3S/c1-3-28(4-2)12-10-24-18(30)15-7-6-11-29(14-15)22(32)21-27-26-20(33-21)19(31)25-17-9-5-8-16(23)13-17/h5,8-9,13,15H,3-4,6-7,10-12,14H2,1-2H3,(H,24,30)(H,25,31)/t15-/m1/s1. The lowest BCUT2D eigenvalue weighted by atomic mass is 9.97. The quantitative estimate of drug-likeness (QED) is 0.557. The fourth-order valence-corrected chi connectivity index (χ4v) is 4.58. The summed E-state index contributed by atoms with van der Waals surface area (Å²) >= 11 is 6.87. The van der Waals surface area contributed by atoms with Gasteiger partial charge in [0.15, 0.2) is 0 Å². The van der Waals surface area contributed by atoms with E-state index >= 15 is 0 Å². The van der Waals surface area contributed by atoms with Crippen molar-refractivity contribution in [2.24, 2.45) is 5.92 Å². The second-order valence-electron chi connectivity index (χ2n) is 7.79. The van der Waals surface area contributed by atoms with Gasteiger partial charge in [0, 0.05) is 36.9 Å². The minimum Gasteiger partial charge on any atom is -0.355 e. The Morgan fingerprint density at radius 1 is 1.21 bits per heavy atom. The fraction of sp³-hybridized carbons (Fsp3) is 0.500. The highest BCUT2D eigenvalue weighted by Crippen LogP contribution is 2.21. The second-order valence-corrected chi connectivity index (χ2v) is 9.20. The maximum Gasteiger partial charge on any atom is 0.286 e. The van der Waals surface area contributed by atoms with Crippen LogP contribution < -0.4 is 10.6 Å². The maximum atomic E-state index is 12.9. The van der Waals surface area contributed by atoms with Crippen LogP contribution in [0.3, 0.4) is 0 Å². The lowest BCUT2D eigenvalue weighted by molar-refractivity contribution is -0.126. The number of carbonyl (C=O) groups is 3. The Morgan fingerprint density at radius 3 is 2.70 bits per heavy atom. The number of likely N-dealkylation sites (tertiary alicyclic amines) is 1. The Kier molecular flexibility index (Phi) is 9.16. The monoisotopic (exact) mass is 492 g/mol. The third kappa shape index (κ3) is 6.96. The molecule has 33 heavy (non-hydrogen) atoms. The number of amides is 3. The lowest BCUT2D eigenvalue weighted by Crippen LogP contribution is -2.46. The molecule has 1 fully saturated rings. The summed E-state index contributed by atoms with van der Waals surface area (Å²) in [5, 5.41) is 14.2. The lowest BCUT2D eigenvalue weighted by Gasteiger charge is -2.31. The normalized spacial score (nSPS) is 16.0. The molecule has 3 amide bonds. The van der Waals surface area contributed by atoms with Gasteiger partial charge in [-0.25, -0.2) is 0 Å². The summed E-state index contributed by atoms with van der Waals surface area (Å²) in [5.41, 5.74) is 0.529. The van der Waals surface area contributed by atoms with Crippen molar-refractivity contribution in [2.45, 2.75) is 26.7 Å². The number of halogens is 1. The SMILES string of the molecule is CCN(CC)CCNC(=O)[C@@H]1CCCN(C(=O)c2nnc(C(=O)Nc3cccc(Cl)c3)s2)C1. The van der Waals surface area contributed by atoms with E-state index in [1.807, 2.05) is 0 Å². The summed E-state index contributed by atoms with van der Waals surface area (Å²) in [6.45, 7) is 8.35. The van der Waals surface area contributed by atoms with E-state index in [-0.39, 0.29) is 27.7 Å². The highest BCUT2D eigenvalue weighted by atomic mass is 35.5. The van der Waals surface area contributed by atoms with Crippen molar-refractivity contribution < 1.29 is 14.4 Å². The number of piperidine rings is 1. The number of rotatable bonds is 9. The van der Waals surface area contributed by atoms with Gasteiger partial charge in [0.1, 0.15) is 0 Å². The number of nitrogens with one attached hydrogen (secondary N) is 2. The van der Waals surface area contributed by atoms with E-state index in [1.54, 1.807) is 29.2 Å². The van der Waals surface area contributed by atoms with Crippen LogP contribution in [0.5, 0.6) is 0 Å². The molecular formula is C22H29ClN6O3S. The number of likely N-dealkylation sites (N-methyl/N-ethyl adjacent to an activating group) is 1. The molecule has 0 radical (unpaired) electrons. The molecule has 1 saturated heterocycles. The number of benzene rings is 1. The summed E-state index contributed by atoms with van der Waals surface area (Å²) in [6.07, 6.45) is 1.48. The van der Waals surface area contributed by atoms with Gasteiger partial charge in [0.2, 0.25) is 15.9 Å². The van der Waals surface area contributed by atoms with E-state index in [0.717, 1.165) is 43.8 Å². The number of aromatic nitrogens is 2. The average molecular weight is 493 g/mol. The Hall–Kier alpha value is -2.56. The summed E-state index contributed by atoms with van der Waals surface area (Å²) < 4.78 is 0. The predicted molar refractivity (Wildman–Crippen MR) is 129 cm³/mol. The zero-order valence-corrected chi connectivity index (χ0v) is 20.4. The molecule has 2 N–H and O–H groups in total. The van der Waals surface area contributed by atoms with Crippen LogP contribution in [0.1, 0.15) is 46.3 Å². The first-order chi connectivity index (χ1) is 15.9. The Balaban J connectivity index is 1.54. The van der Waals surface area contributed by atoms with Crippen LogP contribution >= 0.6 is 22.9 Å². The Bertz CT molecular complexity index is 981. The van der Waals surface area contributed by atoms with Gasteiger partial charge in [-0.05, 0) is 44.1 Å². The molecule has 0 spiro atoms. The molecule has 9 nitrogen and oxygen atoms in total. The molecule has 0 unspecified atom stereocenters. The molecule has 1 atom stereocenters. The molecule has 11 heteroatoms. The molecule has 3 rings (SSSR count). The third-order valence-electron chi connectivity index (χ3n) is 5.59. The van der Waals surface area contributed by atoms with Crippen LogP contribution in [0.4, 0.5) is 5.69 Å². The summed E-state index contributed by atoms with van der Waals surface area (Å²) in [4.78, 5) is 41.8. The van der Waals surface area contributed by atoms with E-state index in [0.29, 0.717) is 30.3 Å². The minimum atomic E-state index is -0.460. The smallest absolute Gasteiger partial charge is 0.286 e. The fourth-order valence-electron chi connectivity index (χ4n) is 3.68. The molecule has 1 aliphatic rings. The molecule has 1 aromatic heterocycles. The number of hydrogen-bond donors (Lipinski definition) is 2. The first-order valence-corrected chi connectivity index (χ1v) is 12.3. The van der Waals surface area contributed by atoms with Gasteiger partial charge in [0.25, 0.3) is 11.8 Å². The van der Waals surface area contributed by atoms with Crippen molar-refractivity contribution >= 4 is 46.3 Å². The molecule has 2 aromatic rings. The minimum absolute atomic E-state index is 0.0292. The second kappa shape index (κ2) is 12.1. The van der Waals surface area contributed by atoms with Gasteiger partial charge >= 0.3 is 0 Å². The average Bonchev–Trinajstić information content (AvgIpc) is 3.32. The number of nitrogens with zero attached hydrogens (tertiary/aromatic N) is 4. The molecule has 0 saturated carbocycles. The number of anilines is 1. The highest BCUT2D eigenvalue weighted by Gasteiger charge is 2.30. The van der Waals surface area contributed by atoms with Gasteiger partial charge in [-0.15, -0.1) is 10.2 Å². The summed E-state index contributed by atoms with van der Waals surface area (Å²) in [7, 11) is 0. The Morgan fingerprint density at radius 2 is 1.97 bits per heavy atom. The van der Waals surface area contributed by atoms with E-state index < -0.39 is 5.91 Å². The molecular weight excluding hydrogens is 464 g/mol. The van der Waals surface area contributed by atoms with Crippen LogP contribution in [0.2, 0.25) is 5.02 Å². The van der Waals surface area contributed by atoms with Gasteiger partial charge in [-0.3, -0.25) is 14.4 Å². The largest absolute Gasteiger partial charge is 0.355 e. The molecule has 1 aromatic carbocycles. The molecule has 0 bridgehead atoms. The van der Waals surface area contributed by atoms with Crippen LogP contribution in [-0.4, -0.2) is 77.0 Å². The predicted octanol–water partition coefficient (Wildman–Crippen LogP) is 2.75. The number of carbonyl (C=O) groups excluding carboxylic acids is 3. The topological polar surface area (TPSA) is 108 Å². The van der Waals surface area contributed by atoms with Gasteiger partial charge in [-0.2, -0.15) is 0 Å². The molecule has 1 aliphatic heterocycles. The van der Waals surface area contributed by atoms with Gasteiger partial charge in [0.05, 0.1) is 5.92 Å². The number of hydrogen-bond acceptors (Lipinski definition) is 7. The van der Waals surface area contributed by atoms with Gasteiger partial charge in [-0.1, -0.05) is 42.9 Å². The van der Waals surface area contributed by atoms with Gasteiger partial charge < -0.3 is 20.4 Å². The summed E-state index contributed by atoms with van der Waals surface area (Å²) in [5.74, 6) is -1.05. The molecule has 0 aliphatic carbocycles. The highest BCUT2D eigenvalue weighted by molar-refractivity contribution is 7.15. The maximum absolute atomic E-state index is 12.9. The van der Waals surface area contributed by atoms with E-state index in [9.17, 15) is 14.4 Å².